The summed E-state index contributed by atoms with van der Waals surface area (Å²) in [4.78, 5) is 16.7. The second-order valence-electron chi connectivity index (χ2n) is 6.68. The second-order valence-corrected chi connectivity index (χ2v) is 6.68. The van der Waals surface area contributed by atoms with Crippen molar-refractivity contribution in [3.63, 3.8) is 0 Å². The van der Waals surface area contributed by atoms with Gasteiger partial charge < -0.3 is 20.9 Å². The van der Waals surface area contributed by atoms with Crippen molar-refractivity contribution in [2.45, 2.75) is 56.1 Å². The molecule has 1 aliphatic heterocycles. The largest absolute Gasteiger partial charge is 0.368 e. The van der Waals surface area contributed by atoms with Crippen molar-refractivity contribution in [2.24, 2.45) is 5.73 Å². The second kappa shape index (κ2) is 6.41. The summed E-state index contributed by atoms with van der Waals surface area (Å²) in [5.74, 6) is -0.187. The highest BCUT2D eigenvalue weighted by Crippen LogP contribution is 2.32. The first-order valence-corrected chi connectivity index (χ1v) is 7.88. The number of amides is 1. The van der Waals surface area contributed by atoms with Crippen molar-refractivity contribution in [1.82, 2.24) is 15.1 Å². The summed E-state index contributed by atoms with van der Waals surface area (Å²) < 4.78 is 0. The van der Waals surface area contributed by atoms with Crippen LogP contribution in [0.25, 0.3) is 0 Å². The molecule has 1 heterocycles. The van der Waals surface area contributed by atoms with Crippen LogP contribution in [0.4, 0.5) is 0 Å². The van der Waals surface area contributed by atoms with Crippen LogP contribution in [0.3, 0.4) is 0 Å². The number of hydrogen-bond donors (Lipinski definition) is 2. The number of likely N-dealkylation sites (N-methyl/N-ethyl adjacent to an activating group) is 1. The number of nitrogens with two attached hydrogens (primary N) is 1. The summed E-state index contributed by atoms with van der Waals surface area (Å²) in [6.45, 7) is 2.29. The number of piperidine rings is 1. The lowest BCUT2D eigenvalue weighted by molar-refractivity contribution is -0.126. The predicted octanol–water partition coefficient (Wildman–Crippen LogP) is 0.399. The van der Waals surface area contributed by atoms with Crippen LogP contribution >= 0.6 is 0 Å². The molecule has 0 aromatic heterocycles. The SMILES string of the molecule is CNC1(C(N)=O)CCCC(N2CCC(N(C)C)CC2)C1. The van der Waals surface area contributed by atoms with Crippen LogP contribution in [0.15, 0.2) is 0 Å². The number of likely N-dealkylation sites (tertiary alicyclic amines) is 1. The molecule has 1 saturated carbocycles. The van der Waals surface area contributed by atoms with E-state index < -0.39 is 5.54 Å². The number of rotatable bonds is 4. The number of carbonyl (C=O) groups excluding carboxylic acids is 1. The summed E-state index contributed by atoms with van der Waals surface area (Å²) >= 11 is 0. The maximum absolute atomic E-state index is 11.8. The highest BCUT2D eigenvalue weighted by molar-refractivity contribution is 5.84. The molecular weight excluding hydrogens is 252 g/mol. The molecule has 0 bridgehead atoms. The van der Waals surface area contributed by atoms with E-state index in [-0.39, 0.29) is 5.91 Å². The van der Waals surface area contributed by atoms with Crippen molar-refractivity contribution in [2.75, 3.05) is 34.2 Å². The van der Waals surface area contributed by atoms with Crippen LogP contribution < -0.4 is 11.1 Å². The Morgan fingerprint density at radius 3 is 2.45 bits per heavy atom. The van der Waals surface area contributed by atoms with Gasteiger partial charge in [-0.2, -0.15) is 0 Å². The van der Waals surface area contributed by atoms with E-state index in [4.69, 9.17) is 5.73 Å². The molecule has 1 saturated heterocycles. The van der Waals surface area contributed by atoms with Crippen LogP contribution in [0.1, 0.15) is 38.5 Å². The first-order valence-electron chi connectivity index (χ1n) is 7.88. The topological polar surface area (TPSA) is 61.6 Å². The van der Waals surface area contributed by atoms with Crippen molar-refractivity contribution in [3.8, 4) is 0 Å². The van der Waals surface area contributed by atoms with Gasteiger partial charge in [0.05, 0.1) is 5.54 Å². The minimum absolute atomic E-state index is 0.187. The highest BCUT2D eigenvalue weighted by atomic mass is 16.1. The lowest BCUT2D eigenvalue weighted by Gasteiger charge is -2.45. The zero-order valence-corrected chi connectivity index (χ0v) is 13.2. The van der Waals surface area contributed by atoms with E-state index in [1.54, 1.807) is 0 Å². The van der Waals surface area contributed by atoms with Crippen LogP contribution in [-0.2, 0) is 4.79 Å². The molecule has 5 heteroatoms. The van der Waals surface area contributed by atoms with Gasteiger partial charge in [-0.15, -0.1) is 0 Å². The molecule has 2 rings (SSSR count). The van der Waals surface area contributed by atoms with E-state index >= 15 is 0 Å². The number of primary amides is 1. The molecule has 1 amide bonds. The van der Waals surface area contributed by atoms with E-state index in [9.17, 15) is 4.79 Å². The van der Waals surface area contributed by atoms with Gasteiger partial charge in [-0.05, 0) is 72.8 Å². The molecule has 0 aromatic rings. The molecule has 2 atom stereocenters. The van der Waals surface area contributed by atoms with Gasteiger partial charge in [-0.25, -0.2) is 0 Å². The maximum Gasteiger partial charge on any atom is 0.237 e. The van der Waals surface area contributed by atoms with Gasteiger partial charge in [-0.1, -0.05) is 0 Å². The minimum atomic E-state index is -0.485. The summed E-state index contributed by atoms with van der Waals surface area (Å²) in [5.41, 5.74) is 5.15. The fourth-order valence-corrected chi connectivity index (χ4v) is 3.90. The summed E-state index contributed by atoms with van der Waals surface area (Å²) in [6.07, 6.45) is 6.49. The van der Waals surface area contributed by atoms with Crippen molar-refractivity contribution >= 4 is 5.91 Å². The zero-order chi connectivity index (χ0) is 14.8. The number of carbonyl (C=O) groups is 1. The van der Waals surface area contributed by atoms with E-state index in [0.717, 1.165) is 32.4 Å². The Morgan fingerprint density at radius 2 is 1.95 bits per heavy atom. The van der Waals surface area contributed by atoms with Crippen molar-refractivity contribution in [3.05, 3.63) is 0 Å². The van der Waals surface area contributed by atoms with E-state index in [2.05, 4.69) is 29.2 Å². The lowest BCUT2D eigenvalue weighted by atomic mass is 9.77. The first-order chi connectivity index (χ1) is 9.48. The van der Waals surface area contributed by atoms with Gasteiger partial charge in [0, 0.05) is 12.1 Å². The molecule has 5 nitrogen and oxygen atoms in total. The van der Waals surface area contributed by atoms with Gasteiger partial charge in [0.25, 0.3) is 0 Å². The van der Waals surface area contributed by atoms with E-state index in [1.807, 2.05) is 7.05 Å². The molecule has 3 N–H and O–H groups in total. The molecule has 0 aromatic carbocycles. The van der Waals surface area contributed by atoms with Crippen LogP contribution in [0, 0.1) is 0 Å². The van der Waals surface area contributed by atoms with Crippen LogP contribution in [0.2, 0.25) is 0 Å². The van der Waals surface area contributed by atoms with Gasteiger partial charge in [0.15, 0.2) is 0 Å². The van der Waals surface area contributed by atoms with Crippen LogP contribution in [-0.4, -0.2) is 67.6 Å². The number of hydrogen-bond acceptors (Lipinski definition) is 4. The molecule has 1 aliphatic carbocycles. The van der Waals surface area contributed by atoms with Crippen molar-refractivity contribution in [1.29, 1.82) is 0 Å². The first kappa shape index (κ1) is 15.7. The van der Waals surface area contributed by atoms with Gasteiger partial charge in [0.2, 0.25) is 5.91 Å². The third kappa shape index (κ3) is 3.15. The molecule has 116 valence electrons. The normalized spacial score (nSPS) is 33.5. The molecule has 0 spiro atoms. The standard InChI is InChI=1S/C15H30N4O/c1-17-15(14(16)20)8-4-5-13(11-15)19-9-6-12(7-10-19)18(2)3/h12-13,17H,4-11H2,1-3H3,(H2,16,20). The third-order valence-corrected chi connectivity index (χ3v) is 5.42. The average Bonchev–Trinajstić information content (AvgIpc) is 2.47. The van der Waals surface area contributed by atoms with E-state index in [0.29, 0.717) is 12.1 Å². The molecule has 0 radical (unpaired) electrons. The minimum Gasteiger partial charge on any atom is -0.368 e. The van der Waals surface area contributed by atoms with Crippen molar-refractivity contribution < 1.29 is 4.79 Å². The smallest absolute Gasteiger partial charge is 0.237 e. The Hall–Kier alpha value is -0.650. The summed E-state index contributed by atoms with van der Waals surface area (Å²) in [7, 11) is 6.20. The molecule has 2 aliphatic rings. The Bertz CT molecular complexity index is 339. The molecular formula is C15H30N4O. The Morgan fingerprint density at radius 1 is 1.30 bits per heavy atom. The number of nitrogens with zero attached hydrogens (tertiary/aromatic N) is 2. The Balaban J connectivity index is 1.95. The zero-order valence-electron chi connectivity index (χ0n) is 13.2. The maximum atomic E-state index is 11.8. The third-order valence-electron chi connectivity index (χ3n) is 5.42. The monoisotopic (exact) mass is 282 g/mol. The van der Waals surface area contributed by atoms with Crippen LogP contribution in [0.5, 0.6) is 0 Å². The van der Waals surface area contributed by atoms with Gasteiger partial charge in [0.1, 0.15) is 0 Å². The molecule has 2 unspecified atom stereocenters. The van der Waals surface area contributed by atoms with Gasteiger partial charge >= 0.3 is 0 Å². The molecule has 20 heavy (non-hydrogen) atoms. The Labute approximate surface area is 122 Å². The quantitative estimate of drug-likeness (QED) is 0.783. The van der Waals surface area contributed by atoms with E-state index in [1.165, 1.54) is 19.3 Å². The fraction of sp³-hybridized carbons (Fsp3) is 0.933. The lowest BCUT2D eigenvalue weighted by Crippen LogP contribution is -2.60. The fourth-order valence-electron chi connectivity index (χ4n) is 3.90. The Kier molecular flexibility index (Phi) is 5.04. The predicted molar refractivity (Wildman–Crippen MR) is 81.5 cm³/mol. The summed E-state index contributed by atoms with van der Waals surface area (Å²) in [6, 6.07) is 1.21. The highest BCUT2D eigenvalue weighted by Gasteiger charge is 2.42. The molecule has 2 fully saturated rings. The summed E-state index contributed by atoms with van der Waals surface area (Å²) in [5, 5.41) is 3.20. The van der Waals surface area contributed by atoms with Gasteiger partial charge in [-0.3, -0.25) is 4.79 Å². The average molecular weight is 282 g/mol. The number of nitrogens with one attached hydrogen (secondary N) is 1.